The van der Waals surface area contributed by atoms with Crippen molar-refractivity contribution < 1.29 is 4.39 Å². The van der Waals surface area contributed by atoms with Crippen molar-refractivity contribution >= 4 is 43.7 Å². The number of hydrogen-bond donors (Lipinski definition) is 0. The molecule has 0 spiro atoms. The Morgan fingerprint density at radius 3 is 1.96 bits per heavy atom. The molecule has 0 bridgehead atoms. The SMILES string of the molecule is CCc1cc2ccc3cc(F)c(C(Cc4ccc(C)cc4)C(C)c4ccc(C)cc4)c4ccc(c1N(C1=CCC(C)C=C1)c1ccc(C)cc1)c2c34. The van der Waals surface area contributed by atoms with Crippen molar-refractivity contribution in [3.8, 4) is 0 Å². The predicted molar refractivity (Wildman–Crippen MR) is 221 cm³/mol. The van der Waals surface area contributed by atoms with Crippen LogP contribution in [-0.4, -0.2) is 0 Å². The summed E-state index contributed by atoms with van der Waals surface area (Å²) in [6.07, 6.45) is 9.66. The van der Waals surface area contributed by atoms with Gasteiger partial charge in [-0.3, -0.25) is 0 Å². The van der Waals surface area contributed by atoms with Gasteiger partial charge in [-0.25, -0.2) is 4.39 Å². The Bertz CT molecular complexity index is 2450. The van der Waals surface area contributed by atoms with Gasteiger partial charge in [0, 0.05) is 16.8 Å². The second kappa shape index (κ2) is 13.7. The van der Waals surface area contributed by atoms with E-state index in [1.54, 1.807) is 6.07 Å². The van der Waals surface area contributed by atoms with Gasteiger partial charge in [0.15, 0.2) is 0 Å². The maximum absolute atomic E-state index is 16.9. The number of benzene rings is 7. The lowest BCUT2D eigenvalue weighted by Gasteiger charge is -2.32. The molecule has 52 heavy (non-hydrogen) atoms. The first-order valence-electron chi connectivity index (χ1n) is 19.0. The summed E-state index contributed by atoms with van der Waals surface area (Å²) in [5.41, 5.74) is 11.9. The minimum absolute atomic E-state index is 0.0655. The number of anilines is 2. The van der Waals surface area contributed by atoms with E-state index in [1.165, 1.54) is 60.9 Å². The summed E-state index contributed by atoms with van der Waals surface area (Å²) in [5, 5.41) is 6.76. The Kier molecular flexibility index (Phi) is 8.95. The maximum Gasteiger partial charge on any atom is 0.127 e. The molecule has 3 unspecified atom stereocenters. The molecule has 1 aliphatic rings. The number of allylic oxidation sites excluding steroid dienone is 3. The van der Waals surface area contributed by atoms with Gasteiger partial charge in [-0.15, -0.1) is 0 Å². The molecule has 1 nitrogen and oxygen atoms in total. The third-order valence-corrected chi connectivity index (χ3v) is 11.5. The number of halogens is 1. The molecule has 0 radical (unpaired) electrons. The lowest BCUT2D eigenvalue weighted by Crippen LogP contribution is -2.19. The van der Waals surface area contributed by atoms with Crippen LogP contribution in [0.25, 0.3) is 32.3 Å². The minimum Gasteiger partial charge on any atom is -0.310 e. The van der Waals surface area contributed by atoms with Crippen molar-refractivity contribution in [1.82, 2.24) is 0 Å². The highest BCUT2D eigenvalue weighted by molar-refractivity contribution is 6.26. The highest BCUT2D eigenvalue weighted by Gasteiger charge is 2.29. The van der Waals surface area contributed by atoms with E-state index >= 15 is 4.39 Å². The van der Waals surface area contributed by atoms with Gasteiger partial charge in [-0.05, 0) is 137 Å². The molecule has 0 saturated carbocycles. The molecule has 7 aromatic carbocycles. The molecule has 8 rings (SSSR count). The monoisotopic (exact) mass is 681 g/mol. The normalized spacial score (nSPS) is 15.8. The van der Waals surface area contributed by atoms with Gasteiger partial charge >= 0.3 is 0 Å². The average molecular weight is 682 g/mol. The Balaban J connectivity index is 1.39. The summed E-state index contributed by atoms with van der Waals surface area (Å²) >= 11 is 0. The fourth-order valence-corrected chi connectivity index (χ4v) is 8.49. The molecule has 0 aromatic heterocycles. The third-order valence-electron chi connectivity index (χ3n) is 11.5. The van der Waals surface area contributed by atoms with Crippen molar-refractivity contribution in [2.75, 3.05) is 4.90 Å². The summed E-state index contributed by atoms with van der Waals surface area (Å²) in [6, 6.07) is 39.5. The fourth-order valence-electron chi connectivity index (χ4n) is 8.49. The Labute approximate surface area is 308 Å². The van der Waals surface area contributed by atoms with Crippen LogP contribution in [0.1, 0.15) is 78.0 Å². The van der Waals surface area contributed by atoms with Crippen LogP contribution < -0.4 is 4.90 Å². The molecule has 0 fully saturated rings. The largest absolute Gasteiger partial charge is 0.310 e. The average Bonchev–Trinajstić information content (AvgIpc) is 3.15. The standard InChI is InChI=1S/C50H48FN/c1-7-37-29-39-20-21-40-30-46(51)49(45(28-36-16-8-31(2)9-17-36)35(6)38-18-10-32(3)11-19-38)43-26-27-44(48(39)47(40)43)50(37)52(41-22-12-33(4)13-23-41)42-24-14-34(5)15-25-42/h8-14,16-27,29-30,34-35,45H,7,15,28H2,1-6H3. The molecule has 0 aliphatic heterocycles. The number of hydrogen-bond acceptors (Lipinski definition) is 1. The van der Waals surface area contributed by atoms with Gasteiger partial charge < -0.3 is 4.90 Å². The zero-order chi connectivity index (χ0) is 36.1. The first-order chi connectivity index (χ1) is 25.2. The maximum atomic E-state index is 16.9. The first-order valence-corrected chi connectivity index (χ1v) is 19.0. The van der Waals surface area contributed by atoms with Crippen molar-refractivity contribution in [2.24, 2.45) is 5.92 Å². The summed E-state index contributed by atoms with van der Waals surface area (Å²) < 4.78 is 16.9. The van der Waals surface area contributed by atoms with Crippen LogP contribution in [0, 0.1) is 32.5 Å². The van der Waals surface area contributed by atoms with Gasteiger partial charge in [-0.2, -0.15) is 0 Å². The molecule has 7 aromatic rings. The molecule has 0 amide bonds. The number of rotatable bonds is 9. The minimum atomic E-state index is -0.121. The van der Waals surface area contributed by atoms with Crippen LogP contribution in [0.3, 0.4) is 0 Å². The van der Waals surface area contributed by atoms with Crippen LogP contribution >= 0.6 is 0 Å². The van der Waals surface area contributed by atoms with Crippen molar-refractivity contribution in [1.29, 1.82) is 0 Å². The van der Waals surface area contributed by atoms with E-state index in [2.05, 4.69) is 168 Å². The van der Waals surface area contributed by atoms with Crippen molar-refractivity contribution in [2.45, 2.75) is 72.6 Å². The molecular formula is C50H48FN. The molecule has 2 heteroatoms. The fraction of sp³-hybridized carbons (Fsp3) is 0.240. The van der Waals surface area contributed by atoms with E-state index in [-0.39, 0.29) is 17.7 Å². The van der Waals surface area contributed by atoms with E-state index < -0.39 is 0 Å². The topological polar surface area (TPSA) is 3.24 Å². The number of nitrogens with zero attached hydrogens (tertiary/aromatic N) is 1. The van der Waals surface area contributed by atoms with Crippen LogP contribution in [0.2, 0.25) is 0 Å². The van der Waals surface area contributed by atoms with Crippen LogP contribution in [0.4, 0.5) is 15.8 Å². The molecule has 0 heterocycles. The van der Waals surface area contributed by atoms with Gasteiger partial charge in [0.1, 0.15) is 5.82 Å². The summed E-state index contributed by atoms with van der Waals surface area (Å²) in [7, 11) is 0. The predicted octanol–water partition coefficient (Wildman–Crippen LogP) is 14.0. The zero-order valence-electron chi connectivity index (χ0n) is 31.3. The Hall–Kier alpha value is -5.21. The zero-order valence-corrected chi connectivity index (χ0v) is 31.3. The molecule has 0 saturated heterocycles. The Morgan fingerprint density at radius 2 is 1.33 bits per heavy atom. The highest BCUT2D eigenvalue weighted by atomic mass is 19.1. The second-order valence-electron chi connectivity index (χ2n) is 15.3. The van der Waals surface area contributed by atoms with Gasteiger partial charge in [-0.1, -0.05) is 135 Å². The molecule has 1 aliphatic carbocycles. The van der Waals surface area contributed by atoms with E-state index in [4.69, 9.17) is 0 Å². The second-order valence-corrected chi connectivity index (χ2v) is 15.3. The van der Waals surface area contributed by atoms with E-state index in [0.29, 0.717) is 5.92 Å². The molecule has 3 atom stereocenters. The molecule has 0 N–H and O–H groups in total. The highest BCUT2D eigenvalue weighted by Crippen LogP contribution is 2.48. The van der Waals surface area contributed by atoms with E-state index in [1.807, 2.05) is 0 Å². The van der Waals surface area contributed by atoms with Gasteiger partial charge in [0.05, 0.1) is 5.69 Å². The van der Waals surface area contributed by atoms with Crippen LogP contribution in [0.5, 0.6) is 0 Å². The summed E-state index contributed by atoms with van der Waals surface area (Å²) in [4.78, 5) is 2.47. The van der Waals surface area contributed by atoms with Gasteiger partial charge in [0.25, 0.3) is 0 Å². The van der Waals surface area contributed by atoms with Crippen molar-refractivity contribution in [3.63, 3.8) is 0 Å². The molecular weight excluding hydrogens is 634 g/mol. The Morgan fingerprint density at radius 1 is 0.731 bits per heavy atom. The summed E-state index contributed by atoms with van der Waals surface area (Å²) in [5.74, 6) is 0.425. The van der Waals surface area contributed by atoms with E-state index in [9.17, 15) is 0 Å². The van der Waals surface area contributed by atoms with Crippen LogP contribution in [0.15, 0.2) is 133 Å². The van der Waals surface area contributed by atoms with Crippen LogP contribution in [-0.2, 0) is 12.8 Å². The van der Waals surface area contributed by atoms with Gasteiger partial charge in [0.2, 0.25) is 0 Å². The third kappa shape index (κ3) is 6.09. The number of aryl methyl sites for hydroxylation is 4. The van der Waals surface area contributed by atoms with E-state index in [0.717, 1.165) is 46.7 Å². The smallest absolute Gasteiger partial charge is 0.127 e. The quantitative estimate of drug-likeness (QED) is 0.137. The first kappa shape index (κ1) is 33.9. The lowest BCUT2D eigenvalue weighted by molar-refractivity contribution is 0.530. The van der Waals surface area contributed by atoms with Crippen molar-refractivity contribution in [3.05, 3.63) is 178 Å². The summed E-state index contributed by atoms with van der Waals surface area (Å²) in [6.45, 7) is 13.2. The lowest BCUT2D eigenvalue weighted by atomic mass is 9.76. The molecule has 260 valence electrons.